The van der Waals surface area contributed by atoms with Gasteiger partial charge in [0.25, 0.3) is 5.91 Å². The zero-order chi connectivity index (χ0) is 17.4. The standard InChI is InChI=1S/C18H24N4O3/c1-12-3-5-22(6-4-12)18(23)14-13(2)25-17-15(14)16(19-11-20-17)21-7-9-24-10-8-21/h11-12H,3-10H2,1-2H3. The van der Waals surface area contributed by atoms with Crippen molar-refractivity contribution in [1.29, 1.82) is 0 Å². The second kappa shape index (κ2) is 6.63. The number of anilines is 1. The number of ether oxygens (including phenoxy) is 1. The number of likely N-dealkylation sites (tertiary alicyclic amines) is 1. The molecule has 2 aromatic heterocycles. The van der Waals surface area contributed by atoms with Crippen molar-refractivity contribution in [3.05, 3.63) is 17.7 Å². The van der Waals surface area contributed by atoms with Crippen molar-refractivity contribution in [2.75, 3.05) is 44.3 Å². The van der Waals surface area contributed by atoms with Gasteiger partial charge in [0.2, 0.25) is 5.71 Å². The highest BCUT2D eigenvalue weighted by Crippen LogP contribution is 2.33. The summed E-state index contributed by atoms with van der Waals surface area (Å²) in [5, 5.41) is 0.741. The zero-order valence-corrected chi connectivity index (χ0v) is 14.8. The van der Waals surface area contributed by atoms with Crippen molar-refractivity contribution in [2.45, 2.75) is 26.7 Å². The Labute approximate surface area is 147 Å². The molecular weight excluding hydrogens is 320 g/mol. The van der Waals surface area contributed by atoms with E-state index in [4.69, 9.17) is 9.15 Å². The molecule has 1 amide bonds. The molecule has 0 radical (unpaired) electrons. The Morgan fingerprint density at radius 1 is 1.16 bits per heavy atom. The third kappa shape index (κ3) is 2.97. The van der Waals surface area contributed by atoms with Crippen LogP contribution in [0.5, 0.6) is 0 Å². The van der Waals surface area contributed by atoms with E-state index in [1.54, 1.807) is 0 Å². The summed E-state index contributed by atoms with van der Waals surface area (Å²) < 4.78 is 11.2. The number of hydrogen-bond donors (Lipinski definition) is 0. The molecular formula is C18H24N4O3. The number of nitrogens with zero attached hydrogens (tertiary/aromatic N) is 4. The monoisotopic (exact) mass is 344 g/mol. The quantitative estimate of drug-likeness (QED) is 0.832. The van der Waals surface area contributed by atoms with Crippen molar-refractivity contribution in [2.24, 2.45) is 5.92 Å². The summed E-state index contributed by atoms with van der Waals surface area (Å²) in [6, 6.07) is 0. The minimum absolute atomic E-state index is 0.0347. The molecule has 7 nitrogen and oxygen atoms in total. The number of piperidine rings is 1. The van der Waals surface area contributed by atoms with Crippen LogP contribution in [0.15, 0.2) is 10.7 Å². The summed E-state index contributed by atoms with van der Waals surface area (Å²) in [6.45, 7) is 8.51. The summed E-state index contributed by atoms with van der Waals surface area (Å²) >= 11 is 0. The first kappa shape index (κ1) is 16.3. The third-order valence-electron chi connectivity index (χ3n) is 5.24. The van der Waals surface area contributed by atoms with E-state index in [9.17, 15) is 4.79 Å². The van der Waals surface area contributed by atoms with Crippen LogP contribution in [0, 0.1) is 12.8 Å². The maximum absolute atomic E-state index is 13.2. The fraction of sp³-hybridized carbons (Fsp3) is 0.611. The second-order valence-electron chi connectivity index (χ2n) is 6.98. The van der Waals surface area contributed by atoms with Gasteiger partial charge in [0.05, 0.1) is 24.2 Å². The molecule has 2 aliphatic rings. The van der Waals surface area contributed by atoms with Gasteiger partial charge in [-0.05, 0) is 25.7 Å². The molecule has 2 aromatic rings. The van der Waals surface area contributed by atoms with Gasteiger partial charge in [0, 0.05) is 26.2 Å². The Morgan fingerprint density at radius 2 is 1.88 bits per heavy atom. The van der Waals surface area contributed by atoms with Gasteiger partial charge in [-0.3, -0.25) is 4.79 Å². The van der Waals surface area contributed by atoms with Crippen molar-refractivity contribution in [3.8, 4) is 0 Å². The van der Waals surface area contributed by atoms with E-state index >= 15 is 0 Å². The lowest BCUT2D eigenvalue weighted by atomic mass is 9.98. The molecule has 4 heterocycles. The Morgan fingerprint density at radius 3 is 2.60 bits per heavy atom. The lowest BCUT2D eigenvalue weighted by Crippen LogP contribution is -2.39. The summed E-state index contributed by atoms with van der Waals surface area (Å²) in [5.41, 5.74) is 1.11. The highest BCUT2D eigenvalue weighted by atomic mass is 16.5. The summed E-state index contributed by atoms with van der Waals surface area (Å²) in [6.07, 6.45) is 3.60. The van der Waals surface area contributed by atoms with Crippen molar-refractivity contribution in [3.63, 3.8) is 0 Å². The topological polar surface area (TPSA) is 71.7 Å². The third-order valence-corrected chi connectivity index (χ3v) is 5.24. The van der Waals surface area contributed by atoms with Crippen LogP contribution < -0.4 is 4.90 Å². The molecule has 2 saturated heterocycles. The Bertz CT molecular complexity index is 774. The second-order valence-corrected chi connectivity index (χ2v) is 6.98. The average Bonchev–Trinajstić information content (AvgIpc) is 2.98. The molecule has 0 spiro atoms. The fourth-order valence-corrected chi connectivity index (χ4v) is 3.67. The Hall–Kier alpha value is -2.15. The number of amides is 1. The molecule has 0 aliphatic carbocycles. The number of morpholine rings is 1. The van der Waals surface area contributed by atoms with Crippen LogP contribution >= 0.6 is 0 Å². The van der Waals surface area contributed by atoms with E-state index in [1.165, 1.54) is 6.33 Å². The first-order valence-electron chi connectivity index (χ1n) is 9.01. The molecule has 0 N–H and O–H groups in total. The molecule has 25 heavy (non-hydrogen) atoms. The van der Waals surface area contributed by atoms with Crippen LogP contribution in [0.3, 0.4) is 0 Å². The van der Waals surface area contributed by atoms with Gasteiger partial charge >= 0.3 is 0 Å². The van der Waals surface area contributed by atoms with Crippen LogP contribution in [0.4, 0.5) is 5.82 Å². The van der Waals surface area contributed by atoms with E-state index in [0.29, 0.717) is 36.2 Å². The smallest absolute Gasteiger partial charge is 0.258 e. The van der Waals surface area contributed by atoms with Crippen molar-refractivity contribution < 1.29 is 13.9 Å². The SMILES string of the molecule is Cc1oc2ncnc(N3CCOCC3)c2c1C(=O)N1CCC(C)CC1. The minimum atomic E-state index is 0.0347. The maximum Gasteiger partial charge on any atom is 0.258 e. The zero-order valence-electron chi connectivity index (χ0n) is 14.8. The summed E-state index contributed by atoms with van der Waals surface area (Å²) in [7, 11) is 0. The number of fused-ring (bicyclic) bond motifs is 1. The van der Waals surface area contributed by atoms with Crippen LogP contribution in [0.25, 0.3) is 11.1 Å². The molecule has 0 saturated carbocycles. The largest absolute Gasteiger partial charge is 0.442 e. The van der Waals surface area contributed by atoms with Gasteiger partial charge in [-0.2, -0.15) is 0 Å². The molecule has 0 atom stereocenters. The number of furan rings is 1. The predicted molar refractivity (Wildman–Crippen MR) is 93.9 cm³/mol. The van der Waals surface area contributed by atoms with Crippen LogP contribution in [-0.4, -0.2) is 60.2 Å². The van der Waals surface area contributed by atoms with Crippen LogP contribution in [-0.2, 0) is 4.74 Å². The minimum Gasteiger partial charge on any atom is -0.442 e. The number of hydrogen-bond acceptors (Lipinski definition) is 6. The van der Waals surface area contributed by atoms with E-state index in [-0.39, 0.29) is 5.91 Å². The number of aryl methyl sites for hydroxylation is 1. The lowest BCUT2D eigenvalue weighted by molar-refractivity contribution is 0.0697. The molecule has 0 aromatic carbocycles. The normalized spacial score (nSPS) is 19.6. The van der Waals surface area contributed by atoms with E-state index in [0.717, 1.165) is 50.2 Å². The van der Waals surface area contributed by atoms with Gasteiger partial charge in [-0.1, -0.05) is 6.92 Å². The van der Waals surface area contributed by atoms with E-state index in [2.05, 4.69) is 21.8 Å². The van der Waals surface area contributed by atoms with Crippen LogP contribution in [0.1, 0.15) is 35.9 Å². The van der Waals surface area contributed by atoms with E-state index in [1.807, 2.05) is 11.8 Å². The first-order valence-corrected chi connectivity index (χ1v) is 9.01. The van der Waals surface area contributed by atoms with Crippen molar-refractivity contribution in [1.82, 2.24) is 14.9 Å². The first-order chi connectivity index (χ1) is 12.1. The molecule has 4 rings (SSSR count). The van der Waals surface area contributed by atoms with Gasteiger partial charge in [0.1, 0.15) is 17.9 Å². The Balaban J connectivity index is 1.75. The van der Waals surface area contributed by atoms with Crippen LogP contribution in [0.2, 0.25) is 0 Å². The number of rotatable bonds is 2. The van der Waals surface area contributed by atoms with Gasteiger partial charge in [0.15, 0.2) is 0 Å². The summed E-state index contributed by atoms with van der Waals surface area (Å²) in [4.78, 5) is 26.0. The molecule has 134 valence electrons. The molecule has 0 bridgehead atoms. The molecule has 7 heteroatoms. The maximum atomic E-state index is 13.2. The fourth-order valence-electron chi connectivity index (χ4n) is 3.67. The lowest BCUT2D eigenvalue weighted by Gasteiger charge is -2.31. The van der Waals surface area contributed by atoms with Gasteiger partial charge < -0.3 is 19.0 Å². The highest BCUT2D eigenvalue weighted by Gasteiger charge is 2.30. The number of carbonyl (C=O) groups excluding carboxylic acids is 1. The van der Waals surface area contributed by atoms with Crippen molar-refractivity contribution >= 4 is 22.8 Å². The number of aromatic nitrogens is 2. The highest BCUT2D eigenvalue weighted by molar-refractivity contribution is 6.10. The average molecular weight is 344 g/mol. The molecule has 0 unspecified atom stereocenters. The molecule has 2 aliphatic heterocycles. The van der Waals surface area contributed by atoms with E-state index < -0.39 is 0 Å². The molecule has 2 fully saturated rings. The summed E-state index contributed by atoms with van der Waals surface area (Å²) in [5.74, 6) is 2.11. The Kier molecular flexibility index (Phi) is 4.33. The predicted octanol–water partition coefficient (Wildman–Crippen LogP) is 2.24. The number of carbonyl (C=O) groups is 1. The van der Waals surface area contributed by atoms with Gasteiger partial charge in [-0.25, -0.2) is 9.97 Å². The van der Waals surface area contributed by atoms with Gasteiger partial charge in [-0.15, -0.1) is 0 Å².